The first-order valence-corrected chi connectivity index (χ1v) is 18.2. The number of para-hydroxylation sites is 1. The van der Waals surface area contributed by atoms with Crippen LogP contribution in [0.4, 0.5) is 0 Å². The van der Waals surface area contributed by atoms with E-state index in [0.717, 1.165) is 38.6 Å². The highest BCUT2D eigenvalue weighted by Gasteiger charge is 2.18. The van der Waals surface area contributed by atoms with Gasteiger partial charge in [0.15, 0.2) is 17.5 Å². The highest BCUT2D eigenvalue weighted by molar-refractivity contribution is 6.08. The van der Waals surface area contributed by atoms with E-state index in [4.69, 9.17) is 26.5 Å². The van der Waals surface area contributed by atoms with Gasteiger partial charge < -0.3 is 8.83 Å². The fourth-order valence-corrected chi connectivity index (χ4v) is 7.21. The largest absolute Gasteiger partial charge is 0.456 e. The molecule has 11 rings (SSSR count). The maximum absolute atomic E-state index is 9.60. The Morgan fingerprint density at radius 2 is 0.839 bits per heavy atom. The van der Waals surface area contributed by atoms with E-state index in [-0.39, 0.29) is 86.8 Å². The van der Waals surface area contributed by atoms with Crippen molar-refractivity contribution in [2.75, 3.05) is 0 Å². The van der Waals surface area contributed by atoms with Gasteiger partial charge in [0.05, 0.1) is 8.22 Å². The Bertz CT molecular complexity index is 3540. The van der Waals surface area contributed by atoms with Gasteiger partial charge in [-0.1, -0.05) is 121 Å². The van der Waals surface area contributed by atoms with E-state index >= 15 is 0 Å². The number of hydrogen-bond donors (Lipinski definition) is 0. The van der Waals surface area contributed by atoms with Crippen LogP contribution in [0, 0.1) is 0 Å². The molecule has 0 N–H and O–H groups in total. The topological polar surface area (TPSA) is 65.0 Å². The SMILES string of the molecule is [2H]c1c(-c2ccccc2)c([2H])c2c(oc3c([2H])c(-c4nc(-c5cc(-c6ccccc6)cc(-c6ccccc6)c5)nc(-c5ccc6oc7ccccc7c6c5)n4)c([2H])c([2H])c32)c1[2H]. The van der Waals surface area contributed by atoms with Crippen LogP contribution in [0.3, 0.4) is 0 Å². The first-order valence-electron chi connectivity index (χ1n) is 21.2. The van der Waals surface area contributed by atoms with Crippen LogP contribution >= 0.6 is 0 Å². The molecule has 0 spiro atoms. The van der Waals surface area contributed by atoms with Crippen LogP contribution < -0.4 is 0 Å². The third kappa shape index (κ3) is 5.62. The van der Waals surface area contributed by atoms with Gasteiger partial charge in [0.1, 0.15) is 22.3 Å². The summed E-state index contributed by atoms with van der Waals surface area (Å²) in [5, 5.41) is 1.93. The van der Waals surface area contributed by atoms with Crippen LogP contribution in [-0.4, -0.2) is 15.0 Å². The minimum Gasteiger partial charge on any atom is -0.456 e. The smallest absolute Gasteiger partial charge is 0.164 e. The average Bonchev–Trinajstić information content (AvgIpc) is 3.91. The molecule has 56 heavy (non-hydrogen) atoms. The Morgan fingerprint density at radius 1 is 0.304 bits per heavy atom. The Morgan fingerprint density at radius 3 is 1.54 bits per heavy atom. The first kappa shape index (κ1) is 26.2. The number of furan rings is 2. The zero-order valence-electron chi connectivity index (χ0n) is 35.6. The van der Waals surface area contributed by atoms with Crippen molar-refractivity contribution in [2.45, 2.75) is 0 Å². The van der Waals surface area contributed by atoms with Gasteiger partial charge in [0.2, 0.25) is 0 Å². The second-order valence-corrected chi connectivity index (χ2v) is 13.5. The number of aromatic nitrogens is 3. The maximum atomic E-state index is 9.60. The molecule has 5 heteroatoms. The van der Waals surface area contributed by atoms with Crippen LogP contribution in [-0.2, 0) is 0 Å². The van der Waals surface area contributed by atoms with Crippen molar-refractivity contribution in [3.63, 3.8) is 0 Å². The molecule has 0 aliphatic carbocycles. The summed E-state index contributed by atoms with van der Waals surface area (Å²) in [6.07, 6.45) is 0. The summed E-state index contributed by atoms with van der Waals surface area (Å²) < 4.78 is 67.9. The van der Waals surface area contributed by atoms with Crippen molar-refractivity contribution in [1.29, 1.82) is 0 Å². The molecule has 0 bridgehead atoms. The minimum atomic E-state index is -0.352. The Balaban J connectivity index is 1.18. The monoisotopic (exact) mass is 723 g/mol. The molecule has 11 aromatic rings. The third-order valence-corrected chi connectivity index (χ3v) is 9.97. The molecule has 0 radical (unpaired) electrons. The van der Waals surface area contributed by atoms with Crippen molar-refractivity contribution < 1.29 is 17.1 Å². The highest BCUT2D eigenvalue weighted by Crippen LogP contribution is 2.38. The molecular weight excluding hydrogens is 687 g/mol. The van der Waals surface area contributed by atoms with E-state index in [2.05, 4.69) is 6.07 Å². The van der Waals surface area contributed by atoms with Gasteiger partial charge in [-0.05, 0) is 100 Å². The molecule has 0 aliphatic heterocycles. The molecule has 0 atom stereocenters. The van der Waals surface area contributed by atoms with Crippen molar-refractivity contribution >= 4 is 43.9 Å². The number of hydrogen-bond acceptors (Lipinski definition) is 5. The standard InChI is InChI=1S/C51H31N3O2/c1-4-12-32(13-5-1)35-21-24-47-43(29-35)42-23-20-37(31-48(42)56-47)50-52-49(36-22-25-46-44(30-36)41-18-10-11-19-45(41)55-46)53-51(54-50)40-27-38(33-14-6-2-7-15-33)26-39(28-40)34-16-8-3-9-17-34/h1-31H/i20D,21D,23D,24D,29D,31D. The molecule has 5 nitrogen and oxygen atoms in total. The minimum absolute atomic E-state index is 0.0253. The number of nitrogens with zero attached hydrogens (tertiary/aromatic N) is 3. The van der Waals surface area contributed by atoms with Gasteiger partial charge in [-0.15, -0.1) is 0 Å². The fourth-order valence-electron chi connectivity index (χ4n) is 7.21. The number of benzene rings is 8. The summed E-state index contributed by atoms with van der Waals surface area (Å²) in [7, 11) is 0. The number of rotatable bonds is 6. The Labute approximate surface area is 330 Å². The third-order valence-electron chi connectivity index (χ3n) is 9.97. The Kier molecular flexibility index (Phi) is 6.10. The lowest BCUT2D eigenvalue weighted by molar-refractivity contribution is 0.668. The van der Waals surface area contributed by atoms with E-state index in [0.29, 0.717) is 22.3 Å². The van der Waals surface area contributed by atoms with Gasteiger partial charge in [-0.2, -0.15) is 0 Å². The zero-order chi connectivity index (χ0) is 42.2. The molecule has 8 aromatic carbocycles. The molecule has 0 aliphatic rings. The normalized spacial score (nSPS) is 13.1. The van der Waals surface area contributed by atoms with E-state index < -0.39 is 0 Å². The zero-order valence-corrected chi connectivity index (χ0v) is 29.6. The molecule has 0 amide bonds. The number of fused-ring (bicyclic) bond motifs is 6. The lowest BCUT2D eigenvalue weighted by atomic mass is 9.96. The van der Waals surface area contributed by atoms with Gasteiger partial charge in [0, 0.05) is 38.2 Å². The van der Waals surface area contributed by atoms with Gasteiger partial charge in [0.25, 0.3) is 0 Å². The van der Waals surface area contributed by atoms with Crippen molar-refractivity contribution in [2.24, 2.45) is 0 Å². The van der Waals surface area contributed by atoms with Crippen LogP contribution in [0.5, 0.6) is 0 Å². The molecule has 3 aromatic heterocycles. The van der Waals surface area contributed by atoms with Crippen LogP contribution in [0.1, 0.15) is 8.22 Å². The quantitative estimate of drug-likeness (QED) is 0.171. The predicted octanol–water partition coefficient (Wildman–Crippen LogP) is 13.7. The van der Waals surface area contributed by atoms with Crippen LogP contribution in [0.2, 0.25) is 0 Å². The summed E-state index contributed by atoms with van der Waals surface area (Å²) in [4.78, 5) is 15.0. The Hall–Kier alpha value is -7.63. The van der Waals surface area contributed by atoms with Gasteiger partial charge in [-0.25, -0.2) is 15.0 Å². The van der Waals surface area contributed by atoms with Crippen molar-refractivity contribution in [3.05, 3.63) is 188 Å². The van der Waals surface area contributed by atoms with Crippen molar-refractivity contribution in [1.82, 2.24) is 15.0 Å². The lowest BCUT2D eigenvalue weighted by Crippen LogP contribution is -2.00. The van der Waals surface area contributed by atoms with E-state index in [1.54, 1.807) is 24.3 Å². The summed E-state index contributed by atoms with van der Waals surface area (Å²) in [5.74, 6) is 0.523. The fraction of sp³-hybridized carbons (Fsp3) is 0. The van der Waals surface area contributed by atoms with Crippen LogP contribution in [0.15, 0.2) is 197 Å². The van der Waals surface area contributed by atoms with E-state index in [9.17, 15) is 5.48 Å². The second-order valence-electron chi connectivity index (χ2n) is 13.5. The van der Waals surface area contributed by atoms with E-state index in [1.165, 1.54) is 0 Å². The molecule has 3 heterocycles. The molecule has 0 unspecified atom stereocenters. The molecule has 0 fully saturated rings. The van der Waals surface area contributed by atoms with E-state index in [1.807, 2.05) is 121 Å². The van der Waals surface area contributed by atoms with Gasteiger partial charge in [-0.3, -0.25) is 0 Å². The first-order chi connectivity index (χ1) is 30.2. The lowest BCUT2D eigenvalue weighted by Gasteiger charge is -2.12. The molecular formula is C51H31N3O2. The summed E-state index contributed by atoms with van der Waals surface area (Å²) in [6.45, 7) is 0. The van der Waals surface area contributed by atoms with Crippen LogP contribution in [0.25, 0.3) is 111 Å². The van der Waals surface area contributed by atoms with Gasteiger partial charge >= 0.3 is 0 Å². The highest BCUT2D eigenvalue weighted by atomic mass is 16.3. The summed E-state index contributed by atoms with van der Waals surface area (Å²) >= 11 is 0. The summed E-state index contributed by atoms with van der Waals surface area (Å²) in [6, 6.07) is 47.0. The maximum Gasteiger partial charge on any atom is 0.164 e. The predicted molar refractivity (Wildman–Crippen MR) is 227 cm³/mol. The second kappa shape index (κ2) is 13.0. The summed E-state index contributed by atoms with van der Waals surface area (Å²) in [5.41, 5.74) is 7.05. The van der Waals surface area contributed by atoms with Crippen molar-refractivity contribution in [3.8, 4) is 67.5 Å². The molecule has 262 valence electrons. The average molecular weight is 724 g/mol. The molecule has 0 saturated heterocycles. The molecule has 0 saturated carbocycles.